The molecular formula is C20H19ClN4O4. The predicted octanol–water partition coefficient (Wildman–Crippen LogP) is 2.89. The average Bonchev–Trinajstić information content (AvgIpc) is 3.26. The molecule has 29 heavy (non-hydrogen) atoms. The summed E-state index contributed by atoms with van der Waals surface area (Å²) in [6.07, 6.45) is 0.655. The number of benzene rings is 2. The summed E-state index contributed by atoms with van der Waals surface area (Å²) < 4.78 is 10.3. The summed E-state index contributed by atoms with van der Waals surface area (Å²) in [6, 6.07) is 10.9. The van der Waals surface area contributed by atoms with Crippen molar-refractivity contribution in [1.82, 2.24) is 5.01 Å². The molecular weight excluding hydrogens is 396 g/mol. The molecule has 0 aliphatic carbocycles. The maximum absolute atomic E-state index is 13.0. The smallest absolute Gasteiger partial charge is 0.263 e. The number of hydrogen-bond acceptors (Lipinski definition) is 7. The molecule has 150 valence electrons. The molecule has 0 spiro atoms. The first-order valence-corrected chi connectivity index (χ1v) is 9.43. The zero-order valence-electron chi connectivity index (χ0n) is 15.9. The van der Waals surface area contributed by atoms with Gasteiger partial charge in [0.25, 0.3) is 11.8 Å². The lowest BCUT2D eigenvalue weighted by molar-refractivity contribution is -0.123. The fraction of sp³-hybridized carbons (Fsp3) is 0.300. The molecule has 2 aromatic carbocycles. The van der Waals surface area contributed by atoms with E-state index in [-0.39, 0.29) is 5.91 Å². The fourth-order valence-electron chi connectivity index (χ4n) is 3.49. The molecule has 2 atom stereocenters. The average molecular weight is 415 g/mol. The van der Waals surface area contributed by atoms with E-state index in [1.54, 1.807) is 24.3 Å². The maximum Gasteiger partial charge on any atom is 0.263 e. The summed E-state index contributed by atoms with van der Waals surface area (Å²) in [6.45, 7) is 0.466. The number of methoxy groups -OCH3 is 2. The number of rotatable bonds is 6. The Kier molecular flexibility index (Phi) is 5.10. The van der Waals surface area contributed by atoms with Gasteiger partial charge in [0.05, 0.1) is 24.9 Å². The van der Waals surface area contributed by atoms with Gasteiger partial charge in [0.15, 0.2) is 12.1 Å². The molecule has 0 unspecified atom stereocenters. The van der Waals surface area contributed by atoms with Crippen LogP contribution in [0.1, 0.15) is 5.56 Å². The lowest BCUT2D eigenvalue weighted by Crippen LogP contribution is -2.40. The molecule has 4 rings (SSSR count). The number of carbonyl (C=O) groups excluding carboxylic acids is 2. The molecule has 0 N–H and O–H groups in total. The van der Waals surface area contributed by atoms with E-state index in [4.69, 9.17) is 21.1 Å². The van der Waals surface area contributed by atoms with E-state index in [2.05, 4.69) is 10.3 Å². The van der Waals surface area contributed by atoms with E-state index in [0.717, 1.165) is 16.2 Å². The van der Waals surface area contributed by atoms with Crippen molar-refractivity contribution in [2.75, 3.05) is 25.7 Å². The summed E-state index contributed by atoms with van der Waals surface area (Å²) in [4.78, 5) is 26.9. The summed E-state index contributed by atoms with van der Waals surface area (Å²) >= 11 is 6.16. The second kappa shape index (κ2) is 7.71. The molecule has 1 fully saturated rings. The largest absolute Gasteiger partial charge is 0.497 e. The van der Waals surface area contributed by atoms with Crippen molar-refractivity contribution in [3.63, 3.8) is 0 Å². The highest BCUT2D eigenvalue weighted by atomic mass is 35.5. The Hall–Kier alpha value is -3.13. The molecule has 2 aromatic rings. The Balaban J connectivity index is 1.49. The summed E-state index contributed by atoms with van der Waals surface area (Å²) in [7, 11) is 3.11. The van der Waals surface area contributed by atoms with Gasteiger partial charge in [-0.1, -0.05) is 29.0 Å². The standard InChI is InChI=1S/C20H19ClN4O4/c1-28-14-6-3-12(4-7-14)9-10-24-18-17(22-23-24)19(26)25(20(18)27)13-5-8-16(29-2)15(21)11-13/h3-8,11,17-18H,9-10H2,1-2H3/t17-,18-/m0/s1. The molecule has 0 saturated carbocycles. The predicted molar refractivity (Wildman–Crippen MR) is 106 cm³/mol. The summed E-state index contributed by atoms with van der Waals surface area (Å²) in [5.74, 6) is 0.480. The van der Waals surface area contributed by atoms with Crippen LogP contribution in [0.3, 0.4) is 0 Å². The van der Waals surface area contributed by atoms with Crippen LogP contribution in [-0.2, 0) is 16.0 Å². The van der Waals surface area contributed by atoms with Gasteiger partial charge >= 0.3 is 0 Å². The Bertz CT molecular complexity index is 979. The first-order chi connectivity index (χ1) is 14.0. The number of nitrogens with zero attached hydrogens (tertiary/aromatic N) is 4. The topological polar surface area (TPSA) is 83.8 Å². The van der Waals surface area contributed by atoms with Crippen molar-refractivity contribution in [3.8, 4) is 11.5 Å². The molecule has 9 heteroatoms. The van der Waals surface area contributed by atoms with Gasteiger partial charge < -0.3 is 9.47 Å². The van der Waals surface area contributed by atoms with Crippen molar-refractivity contribution in [2.45, 2.75) is 18.5 Å². The number of hydrogen-bond donors (Lipinski definition) is 0. The van der Waals surface area contributed by atoms with Gasteiger partial charge in [0.2, 0.25) is 0 Å². The molecule has 8 nitrogen and oxygen atoms in total. The zero-order valence-corrected chi connectivity index (χ0v) is 16.7. The Morgan fingerprint density at radius 1 is 1.03 bits per heavy atom. The molecule has 0 aromatic heterocycles. The quantitative estimate of drug-likeness (QED) is 0.678. The minimum Gasteiger partial charge on any atom is -0.497 e. The Morgan fingerprint density at radius 2 is 1.79 bits per heavy atom. The van der Waals surface area contributed by atoms with Crippen LogP contribution in [0.15, 0.2) is 52.8 Å². The van der Waals surface area contributed by atoms with Crippen LogP contribution in [0.5, 0.6) is 11.5 Å². The fourth-order valence-corrected chi connectivity index (χ4v) is 3.74. The number of halogens is 1. The minimum atomic E-state index is -0.834. The Labute approximate surface area is 172 Å². The highest BCUT2D eigenvalue weighted by molar-refractivity contribution is 6.33. The van der Waals surface area contributed by atoms with Gasteiger partial charge in [-0.2, -0.15) is 5.11 Å². The third-order valence-electron chi connectivity index (χ3n) is 5.04. The van der Waals surface area contributed by atoms with Crippen LogP contribution >= 0.6 is 11.6 Å². The zero-order chi connectivity index (χ0) is 20.5. The van der Waals surface area contributed by atoms with Crippen LogP contribution in [0.25, 0.3) is 0 Å². The molecule has 2 amide bonds. The van der Waals surface area contributed by atoms with Gasteiger partial charge in [-0.05, 0) is 42.3 Å². The van der Waals surface area contributed by atoms with Crippen LogP contribution in [-0.4, -0.2) is 49.7 Å². The normalized spacial score (nSPS) is 20.4. The van der Waals surface area contributed by atoms with E-state index in [9.17, 15) is 9.59 Å². The second-order valence-corrected chi connectivity index (χ2v) is 7.09. The monoisotopic (exact) mass is 414 g/mol. The van der Waals surface area contributed by atoms with Gasteiger partial charge in [-0.25, -0.2) is 4.90 Å². The summed E-state index contributed by atoms with van der Waals surface area (Å²) in [5.41, 5.74) is 1.46. The van der Waals surface area contributed by atoms with Crippen molar-refractivity contribution in [3.05, 3.63) is 53.1 Å². The number of ether oxygens (including phenoxy) is 2. The highest BCUT2D eigenvalue weighted by Gasteiger charge is 2.54. The third-order valence-corrected chi connectivity index (χ3v) is 5.34. The highest BCUT2D eigenvalue weighted by Crippen LogP contribution is 2.35. The van der Waals surface area contributed by atoms with E-state index in [0.29, 0.717) is 29.4 Å². The Morgan fingerprint density at radius 3 is 2.45 bits per heavy atom. The minimum absolute atomic E-state index is 0.320. The lowest BCUT2D eigenvalue weighted by Gasteiger charge is -2.21. The third kappa shape index (κ3) is 3.40. The number of fused-ring (bicyclic) bond motifs is 1. The van der Waals surface area contributed by atoms with Crippen LogP contribution in [0.4, 0.5) is 5.69 Å². The van der Waals surface area contributed by atoms with Crippen molar-refractivity contribution in [2.24, 2.45) is 10.3 Å². The van der Waals surface area contributed by atoms with Crippen LogP contribution in [0.2, 0.25) is 5.02 Å². The lowest BCUT2D eigenvalue weighted by atomic mass is 10.1. The van der Waals surface area contributed by atoms with Gasteiger partial charge in [-0.3, -0.25) is 14.6 Å². The van der Waals surface area contributed by atoms with E-state index < -0.39 is 18.0 Å². The molecule has 2 aliphatic rings. The number of amides is 2. The molecule has 2 heterocycles. The first kappa shape index (κ1) is 19.2. The number of anilines is 1. The molecule has 0 bridgehead atoms. The SMILES string of the molecule is COc1ccc(CCN2N=N[C@@H]3C(=O)N(c4ccc(OC)c(Cl)c4)C(=O)[C@H]32)cc1. The molecule has 1 saturated heterocycles. The second-order valence-electron chi connectivity index (χ2n) is 6.69. The van der Waals surface area contributed by atoms with E-state index in [1.807, 2.05) is 24.3 Å². The van der Waals surface area contributed by atoms with Crippen LogP contribution < -0.4 is 14.4 Å². The van der Waals surface area contributed by atoms with Gasteiger partial charge in [0, 0.05) is 6.54 Å². The summed E-state index contributed by atoms with van der Waals surface area (Å²) in [5, 5.41) is 10.0. The van der Waals surface area contributed by atoms with Crippen molar-refractivity contribution in [1.29, 1.82) is 0 Å². The van der Waals surface area contributed by atoms with E-state index in [1.165, 1.54) is 13.2 Å². The van der Waals surface area contributed by atoms with E-state index >= 15 is 0 Å². The number of imide groups is 1. The first-order valence-electron chi connectivity index (χ1n) is 9.05. The number of carbonyl (C=O) groups is 2. The molecule has 0 radical (unpaired) electrons. The van der Waals surface area contributed by atoms with Gasteiger partial charge in [-0.15, -0.1) is 0 Å². The maximum atomic E-state index is 13.0. The molecule has 2 aliphatic heterocycles. The van der Waals surface area contributed by atoms with Crippen molar-refractivity contribution < 1.29 is 19.1 Å². The van der Waals surface area contributed by atoms with Crippen molar-refractivity contribution >= 4 is 29.1 Å². The van der Waals surface area contributed by atoms with Gasteiger partial charge in [0.1, 0.15) is 11.5 Å². The van der Waals surface area contributed by atoms with Crippen LogP contribution in [0, 0.1) is 0 Å².